The number of aromatic nitrogens is 4. The Bertz CT molecular complexity index is 2060. The third-order valence-electron chi connectivity index (χ3n) is 10.0. The van der Waals surface area contributed by atoms with Gasteiger partial charge in [0.1, 0.15) is 10.6 Å². The average molecular weight is 782 g/mol. The van der Waals surface area contributed by atoms with Gasteiger partial charge in [-0.25, -0.2) is 18.7 Å². The summed E-state index contributed by atoms with van der Waals surface area (Å²) in [4.78, 5) is 54.6. The summed E-state index contributed by atoms with van der Waals surface area (Å²) in [5.74, 6) is -0.626. The Labute approximate surface area is 300 Å². The minimum Gasteiger partial charge on any atom is -0.500 e. The van der Waals surface area contributed by atoms with Gasteiger partial charge in [-0.3, -0.25) is 31.3 Å². The van der Waals surface area contributed by atoms with E-state index in [2.05, 4.69) is 64.1 Å². The molecule has 0 fully saturated rings. The van der Waals surface area contributed by atoms with Gasteiger partial charge in [-0.1, -0.05) is 49.2 Å². The second-order valence-corrected chi connectivity index (χ2v) is 19.0. The third kappa shape index (κ3) is 5.82. The molecule has 4 heterocycles. The zero-order valence-corrected chi connectivity index (χ0v) is 31.6. The molecule has 11 heteroatoms. The molecule has 5 aromatic rings. The van der Waals surface area contributed by atoms with Gasteiger partial charge in [0.05, 0.1) is 37.4 Å². The summed E-state index contributed by atoms with van der Waals surface area (Å²) in [7, 11) is -3.01. The molecule has 1 aliphatic carbocycles. The van der Waals surface area contributed by atoms with Crippen LogP contribution in [0.5, 0.6) is 0 Å². The van der Waals surface area contributed by atoms with Crippen molar-refractivity contribution >= 4 is 48.0 Å². The zero-order valence-electron chi connectivity index (χ0n) is 28.0. The van der Waals surface area contributed by atoms with Crippen LogP contribution in [-0.4, -0.2) is 18.7 Å². The first-order chi connectivity index (χ1) is 23.2. The van der Waals surface area contributed by atoms with Gasteiger partial charge in [-0.2, -0.15) is 12.8 Å². The van der Waals surface area contributed by atoms with Crippen molar-refractivity contribution < 1.29 is 19.5 Å². The second-order valence-electron chi connectivity index (χ2n) is 12.7. The number of allylic oxidation sites excluding steroid dienone is 4. The van der Waals surface area contributed by atoms with E-state index in [-0.39, 0.29) is 64.8 Å². The topological polar surface area (TPSA) is 88.0 Å². The summed E-state index contributed by atoms with van der Waals surface area (Å²) < 4.78 is 6.71. The van der Waals surface area contributed by atoms with Gasteiger partial charge in [0, 0.05) is 0 Å². The van der Waals surface area contributed by atoms with Crippen LogP contribution in [0, 0.1) is 12.2 Å². The van der Waals surface area contributed by atoms with E-state index in [1.165, 1.54) is 10.6 Å². The maximum absolute atomic E-state index is 13.6. The largest absolute Gasteiger partial charge is 2.00 e. The summed E-state index contributed by atoms with van der Waals surface area (Å²) >= 11 is 0. The first-order valence-electron chi connectivity index (χ1n) is 16.7. The Morgan fingerprint density at radius 1 is 0.490 bits per heavy atom. The van der Waals surface area contributed by atoms with Gasteiger partial charge in [-0.15, -0.1) is 0 Å². The molecular formula is C38H40N4O4P2Rh+2. The van der Waals surface area contributed by atoms with E-state index < -0.39 is 15.8 Å². The molecule has 0 saturated heterocycles. The smallest absolute Gasteiger partial charge is 0.500 e. The summed E-state index contributed by atoms with van der Waals surface area (Å²) in [5, 5.41) is 4.15. The van der Waals surface area contributed by atoms with Crippen LogP contribution in [0.2, 0.25) is 0 Å². The number of hydrogen-bond acceptors (Lipinski definition) is 4. The molecule has 0 N–H and O–H groups in total. The predicted octanol–water partition coefficient (Wildman–Crippen LogP) is 6.10. The molecule has 8 rings (SSSR count). The van der Waals surface area contributed by atoms with Gasteiger partial charge >= 0.3 is 19.5 Å². The quantitative estimate of drug-likeness (QED) is 0.123. The molecule has 2 aliphatic heterocycles. The van der Waals surface area contributed by atoms with Gasteiger partial charge in [0.15, 0.2) is 23.1 Å². The number of fused-ring (bicyclic) bond motifs is 4. The standard InChI is InChI=1S/C30H28N4O4P2.C8H10.Rh/c1-17-31-27(35)21-11-5-6-12-22(21)28(36)32(31)18(2)39(17)25-15-9-10-16-26(25)40-19(3)33-29(37)23-13-7-8-14-24(23)30(38)34(33)20(40)4;1-2-4-6-8-7-5-3-1;/h5-20H,1-4H3;1,8H,2,4-5,7H2;/q;-2;+2/p+2/t17-,18?,19-,20?,39?,40?;;/m0../s1. The fourth-order valence-electron chi connectivity index (χ4n) is 7.88. The van der Waals surface area contributed by atoms with E-state index in [9.17, 15) is 19.2 Å². The number of hydrogen-bond donors (Lipinski definition) is 0. The van der Waals surface area contributed by atoms with E-state index in [0.29, 0.717) is 21.5 Å². The van der Waals surface area contributed by atoms with Crippen LogP contribution < -0.4 is 32.8 Å². The SMILES string of the molecule is CC1n2c(=O)c3ccccc3c(=O)n2[C@H](C)[PH+]1c1ccccc1[PH+]1C(C)n2c(=O)c3ccccc3c(=O)n2[C@@H]1C.[C-]1=CCC[C-]=CCC1.[Rh+2]. The van der Waals surface area contributed by atoms with Crippen molar-refractivity contribution in [1.82, 2.24) is 18.7 Å². The third-order valence-corrected chi connectivity index (χ3v) is 17.0. The Hall–Kier alpha value is -3.50. The molecule has 2 aromatic heterocycles. The predicted molar refractivity (Wildman–Crippen MR) is 200 cm³/mol. The van der Waals surface area contributed by atoms with Crippen molar-refractivity contribution in [1.29, 1.82) is 0 Å². The maximum atomic E-state index is 13.6. The molecule has 4 unspecified atom stereocenters. The van der Waals surface area contributed by atoms with E-state index in [0.717, 1.165) is 25.7 Å². The summed E-state index contributed by atoms with van der Waals surface area (Å²) in [6.45, 7) is 8.21. The van der Waals surface area contributed by atoms with Crippen molar-refractivity contribution in [3.63, 3.8) is 0 Å². The van der Waals surface area contributed by atoms with Crippen molar-refractivity contribution in [2.24, 2.45) is 0 Å². The van der Waals surface area contributed by atoms with Crippen molar-refractivity contribution in [2.75, 3.05) is 0 Å². The van der Waals surface area contributed by atoms with Crippen LogP contribution >= 0.6 is 15.8 Å². The summed E-state index contributed by atoms with van der Waals surface area (Å²) in [6.07, 6.45) is 15.0. The van der Waals surface area contributed by atoms with Crippen LogP contribution in [0.4, 0.5) is 0 Å². The molecule has 6 atom stereocenters. The van der Waals surface area contributed by atoms with E-state index in [1.807, 2.05) is 12.1 Å². The zero-order chi connectivity index (χ0) is 33.7. The Morgan fingerprint density at radius 3 is 1.04 bits per heavy atom. The van der Waals surface area contributed by atoms with Crippen molar-refractivity contribution in [3.05, 3.63) is 139 Å². The first-order valence-corrected chi connectivity index (χ1v) is 20.0. The van der Waals surface area contributed by atoms with Gasteiger partial charge in [-0.05, 0) is 64.1 Å². The molecule has 0 saturated carbocycles. The molecule has 253 valence electrons. The Morgan fingerprint density at radius 2 is 0.755 bits per heavy atom. The van der Waals surface area contributed by atoms with E-state index in [1.54, 1.807) is 67.3 Å². The normalized spacial score (nSPS) is 24.0. The molecule has 0 amide bonds. The molecule has 3 aliphatic rings. The van der Waals surface area contributed by atoms with Gasteiger partial charge in [0.25, 0.3) is 22.2 Å². The summed E-state index contributed by atoms with van der Waals surface area (Å²) in [6, 6.07) is 22.4. The van der Waals surface area contributed by atoms with Crippen LogP contribution in [0.3, 0.4) is 0 Å². The van der Waals surface area contributed by atoms with Crippen LogP contribution in [-0.2, 0) is 19.5 Å². The van der Waals surface area contributed by atoms with Crippen LogP contribution in [0.25, 0.3) is 21.5 Å². The van der Waals surface area contributed by atoms with Crippen LogP contribution in [0.1, 0.15) is 76.5 Å². The molecule has 3 aromatic carbocycles. The van der Waals surface area contributed by atoms with Gasteiger partial charge < -0.3 is 12.2 Å². The monoisotopic (exact) mass is 781 g/mol. The minimum atomic E-state index is -1.50. The molecule has 1 radical (unpaired) electrons. The van der Waals surface area contributed by atoms with Gasteiger partial charge in [0.2, 0.25) is 0 Å². The van der Waals surface area contributed by atoms with Crippen LogP contribution in [0.15, 0.2) is 104 Å². The fourth-order valence-corrected chi connectivity index (χ4v) is 15.3. The second kappa shape index (κ2) is 14.4. The molecule has 0 spiro atoms. The molecule has 49 heavy (non-hydrogen) atoms. The van der Waals surface area contributed by atoms with E-state index >= 15 is 0 Å². The maximum Gasteiger partial charge on any atom is 2.00 e. The number of rotatable bonds is 2. The van der Waals surface area contributed by atoms with Crippen molar-refractivity contribution in [2.45, 2.75) is 76.5 Å². The molecular weight excluding hydrogens is 741 g/mol. The summed E-state index contributed by atoms with van der Waals surface area (Å²) in [5.41, 5.74) is -0.553. The Kier molecular flexibility index (Phi) is 10.4. The van der Waals surface area contributed by atoms with Crippen molar-refractivity contribution in [3.8, 4) is 0 Å². The van der Waals surface area contributed by atoms with E-state index in [4.69, 9.17) is 0 Å². The first kappa shape index (κ1) is 35.3. The number of benzene rings is 3. The Balaban J connectivity index is 0.000000409. The molecule has 0 bridgehead atoms. The fraction of sp³-hybridized carbons (Fsp3) is 0.316. The number of nitrogens with zero attached hydrogens (tertiary/aromatic N) is 4. The average Bonchev–Trinajstić information content (AvgIpc) is 3.50. The molecule has 8 nitrogen and oxygen atoms in total. The minimum absolute atomic E-state index is 0.